The Morgan fingerprint density at radius 2 is 1.69 bits per heavy atom. The summed E-state index contributed by atoms with van der Waals surface area (Å²) in [5.41, 5.74) is 2.46. The van der Waals surface area contributed by atoms with Crippen molar-refractivity contribution in [2.24, 2.45) is 0 Å². The van der Waals surface area contributed by atoms with Gasteiger partial charge in [-0.25, -0.2) is 4.79 Å². The summed E-state index contributed by atoms with van der Waals surface area (Å²) in [7, 11) is 0. The van der Waals surface area contributed by atoms with E-state index < -0.39 is 23.4 Å². The number of carbonyl (C=O) groups excluding carboxylic acids is 4. The van der Waals surface area contributed by atoms with Crippen LogP contribution in [0.25, 0.3) is 0 Å². The minimum Gasteiger partial charge on any atom is -0.457 e. The maximum atomic E-state index is 12.3. The van der Waals surface area contributed by atoms with Gasteiger partial charge in [-0.3, -0.25) is 19.3 Å². The SMILES string of the molecule is Cc1cc(C)c(C(=O)COC(=O)CCN2C(=O)NC(C)(C)C2=O)cc1C. The second-order valence-electron chi connectivity index (χ2n) is 7.10. The molecule has 0 bridgehead atoms. The molecule has 1 heterocycles. The predicted molar refractivity (Wildman–Crippen MR) is 94.9 cm³/mol. The summed E-state index contributed by atoms with van der Waals surface area (Å²) in [5.74, 6) is -1.31. The number of Topliss-reactive ketones (excluding diaryl/α,β-unsaturated/α-hetero) is 1. The highest BCUT2D eigenvalue weighted by Crippen LogP contribution is 2.17. The van der Waals surface area contributed by atoms with Crippen LogP contribution in [0, 0.1) is 20.8 Å². The number of amides is 3. The number of nitrogens with zero attached hydrogens (tertiary/aromatic N) is 1. The maximum Gasteiger partial charge on any atom is 0.325 e. The zero-order chi connectivity index (χ0) is 19.6. The van der Waals surface area contributed by atoms with E-state index in [0.29, 0.717) is 5.56 Å². The van der Waals surface area contributed by atoms with E-state index in [1.807, 2.05) is 26.8 Å². The van der Waals surface area contributed by atoms with Crippen molar-refractivity contribution >= 4 is 23.7 Å². The van der Waals surface area contributed by atoms with Gasteiger partial charge in [-0.1, -0.05) is 6.07 Å². The molecule has 1 aliphatic heterocycles. The Kier molecular flexibility index (Phi) is 5.49. The number of ketones is 1. The Labute approximate surface area is 152 Å². The molecule has 1 aromatic carbocycles. The lowest BCUT2D eigenvalue weighted by Gasteiger charge is -2.15. The zero-order valence-electron chi connectivity index (χ0n) is 15.8. The molecule has 0 unspecified atom stereocenters. The zero-order valence-corrected chi connectivity index (χ0v) is 15.8. The molecule has 1 N–H and O–H groups in total. The molecule has 0 saturated carbocycles. The van der Waals surface area contributed by atoms with Gasteiger partial charge in [-0.2, -0.15) is 0 Å². The molecule has 1 aliphatic rings. The number of imide groups is 1. The molecule has 1 aromatic rings. The second kappa shape index (κ2) is 7.27. The van der Waals surface area contributed by atoms with Gasteiger partial charge < -0.3 is 10.1 Å². The molecular formula is C19H24N2O5. The van der Waals surface area contributed by atoms with Gasteiger partial charge in [0, 0.05) is 12.1 Å². The van der Waals surface area contributed by atoms with Crippen molar-refractivity contribution < 1.29 is 23.9 Å². The summed E-state index contributed by atoms with van der Waals surface area (Å²) in [5, 5.41) is 2.54. The van der Waals surface area contributed by atoms with Crippen LogP contribution < -0.4 is 5.32 Å². The Morgan fingerprint density at radius 3 is 2.27 bits per heavy atom. The lowest BCUT2D eigenvalue weighted by molar-refractivity contribution is -0.143. The summed E-state index contributed by atoms with van der Waals surface area (Å²) >= 11 is 0. The van der Waals surface area contributed by atoms with Gasteiger partial charge >= 0.3 is 12.0 Å². The molecule has 0 aliphatic carbocycles. The third-order valence-corrected chi connectivity index (χ3v) is 4.49. The maximum absolute atomic E-state index is 12.3. The number of esters is 1. The Bertz CT molecular complexity index is 782. The fourth-order valence-electron chi connectivity index (χ4n) is 2.78. The second-order valence-corrected chi connectivity index (χ2v) is 7.10. The third-order valence-electron chi connectivity index (χ3n) is 4.49. The molecule has 0 aromatic heterocycles. The first-order valence-electron chi connectivity index (χ1n) is 8.43. The van der Waals surface area contributed by atoms with Crippen LogP contribution in [0.15, 0.2) is 12.1 Å². The number of carbonyl (C=O) groups is 4. The van der Waals surface area contributed by atoms with Gasteiger partial charge in [-0.15, -0.1) is 0 Å². The van der Waals surface area contributed by atoms with Gasteiger partial charge in [0.15, 0.2) is 6.61 Å². The normalized spacial score (nSPS) is 15.8. The third kappa shape index (κ3) is 4.09. The number of rotatable bonds is 6. The first kappa shape index (κ1) is 19.6. The fraction of sp³-hybridized carbons (Fsp3) is 0.474. The van der Waals surface area contributed by atoms with E-state index >= 15 is 0 Å². The van der Waals surface area contributed by atoms with Crippen molar-refractivity contribution in [3.05, 3.63) is 34.4 Å². The highest BCUT2D eigenvalue weighted by molar-refractivity contribution is 6.06. The first-order chi connectivity index (χ1) is 12.0. The number of nitrogens with one attached hydrogen (secondary N) is 1. The Morgan fingerprint density at radius 1 is 1.08 bits per heavy atom. The number of aryl methyl sites for hydroxylation is 3. The minimum atomic E-state index is -0.974. The van der Waals surface area contributed by atoms with E-state index in [0.717, 1.165) is 21.6 Å². The van der Waals surface area contributed by atoms with Crippen molar-refractivity contribution in [2.45, 2.75) is 46.6 Å². The van der Waals surface area contributed by atoms with Crippen molar-refractivity contribution in [1.29, 1.82) is 0 Å². The van der Waals surface area contributed by atoms with E-state index in [4.69, 9.17) is 4.74 Å². The molecule has 0 atom stereocenters. The molecule has 1 saturated heterocycles. The number of hydrogen-bond acceptors (Lipinski definition) is 5. The molecule has 1 fully saturated rings. The summed E-state index contributed by atoms with van der Waals surface area (Å²) < 4.78 is 5.01. The largest absolute Gasteiger partial charge is 0.457 e. The predicted octanol–water partition coefficient (Wildman–Crippen LogP) is 2.06. The Hall–Kier alpha value is -2.70. The van der Waals surface area contributed by atoms with Crippen LogP contribution in [0.1, 0.15) is 47.3 Å². The minimum absolute atomic E-state index is 0.0796. The smallest absolute Gasteiger partial charge is 0.325 e. The molecule has 0 radical (unpaired) electrons. The molecule has 3 amide bonds. The van der Waals surface area contributed by atoms with Gasteiger partial charge in [0.05, 0.1) is 6.42 Å². The number of ether oxygens (including phenoxy) is 1. The lowest BCUT2D eigenvalue weighted by Crippen LogP contribution is -2.40. The summed E-state index contributed by atoms with van der Waals surface area (Å²) in [4.78, 5) is 48.9. The topological polar surface area (TPSA) is 92.8 Å². The summed E-state index contributed by atoms with van der Waals surface area (Å²) in [6.45, 7) is 8.45. The standard InChI is InChI=1S/C19H24N2O5/c1-11-8-13(3)14(9-12(11)2)15(22)10-26-16(23)6-7-21-17(24)19(4,5)20-18(21)25/h8-9H,6-7,10H2,1-5H3,(H,20,25). The van der Waals surface area contributed by atoms with E-state index in [1.54, 1.807) is 19.9 Å². The average Bonchev–Trinajstić information content (AvgIpc) is 2.74. The molecule has 7 heteroatoms. The molecule has 140 valence electrons. The molecule has 0 spiro atoms. The van der Waals surface area contributed by atoms with Gasteiger partial charge in [0.25, 0.3) is 5.91 Å². The quantitative estimate of drug-likeness (QED) is 0.476. The van der Waals surface area contributed by atoms with E-state index in [1.165, 1.54) is 0 Å². The van der Waals surface area contributed by atoms with Gasteiger partial charge in [-0.05, 0) is 57.4 Å². The van der Waals surface area contributed by atoms with Gasteiger partial charge in [0.1, 0.15) is 5.54 Å². The Balaban J connectivity index is 1.88. The van der Waals surface area contributed by atoms with Crippen LogP contribution in [-0.2, 0) is 14.3 Å². The summed E-state index contributed by atoms with van der Waals surface area (Å²) in [6.07, 6.45) is -0.158. The van der Waals surface area contributed by atoms with Crippen LogP contribution in [0.3, 0.4) is 0 Å². The number of benzene rings is 1. The van der Waals surface area contributed by atoms with E-state index in [9.17, 15) is 19.2 Å². The molecule has 26 heavy (non-hydrogen) atoms. The van der Waals surface area contributed by atoms with Crippen molar-refractivity contribution in [3.63, 3.8) is 0 Å². The van der Waals surface area contributed by atoms with Crippen LogP contribution in [0.2, 0.25) is 0 Å². The lowest BCUT2D eigenvalue weighted by atomic mass is 9.98. The monoisotopic (exact) mass is 360 g/mol. The van der Waals surface area contributed by atoms with Crippen molar-refractivity contribution in [3.8, 4) is 0 Å². The van der Waals surface area contributed by atoms with Gasteiger partial charge in [0.2, 0.25) is 5.78 Å². The van der Waals surface area contributed by atoms with Crippen LogP contribution >= 0.6 is 0 Å². The average molecular weight is 360 g/mol. The highest BCUT2D eigenvalue weighted by atomic mass is 16.5. The van der Waals surface area contributed by atoms with Crippen LogP contribution in [0.4, 0.5) is 4.79 Å². The fourth-order valence-corrected chi connectivity index (χ4v) is 2.78. The number of urea groups is 1. The van der Waals surface area contributed by atoms with Crippen molar-refractivity contribution in [1.82, 2.24) is 10.2 Å². The molecule has 7 nitrogen and oxygen atoms in total. The first-order valence-corrected chi connectivity index (χ1v) is 8.43. The van der Waals surface area contributed by atoms with Crippen LogP contribution in [-0.4, -0.2) is 47.3 Å². The molecular weight excluding hydrogens is 336 g/mol. The van der Waals surface area contributed by atoms with Crippen LogP contribution in [0.5, 0.6) is 0 Å². The van der Waals surface area contributed by atoms with E-state index in [-0.39, 0.29) is 25.4 Å². The summed E-state index contributed by atoms with van der Waals surface area (Å²) in [6, 6.07) is 3.18. The van der Waals surface area contributed by atoms with E-state index in [2.05, 4.69) is 5.32 Å². The number of hydrogen-bond donors (Lipinski definition) is 1. The van der Waals surface area contributed by atoms with Crippen molar-refractivity contribution in [2.75, 3.05) is 13.2 Å². The highest BCUT2D eigenvalue weighted by Gasteiger charge is 2.44. The molecule has 2 rings (SSSR count).